The quantitative estimate of drug-likeness (QED) is 0.682. The number of hydrogen-bond donors (Lipinski definition) is 1. The maximum absolute atomic E-state index is 11.8. The van der Waals surface area contributed by atoms with Gasteiger partial charge in [-0.15, -0.1) is 11.3 Å². The molecule has 0 aromatic carbocycles. The molecule has 0 unspecified atom stereocenters. The van der Waals surface area contributed by atoms with Gasteiger partial charge in [0, 0.05) is 4.88 Å². The van der Waals surface area contributed by atoms with Gasteiger partial charge in [0.2, 0.25) is 5.91 Å². The predicted octanol–water partition coefficient (Wildman–Crippen LogP) is 2.39. The van der Waals surface area contributed by atoms with E-state index < -0.39 is 11.9 Å². The van der Waals surface area contributed by atoms with Crippen LogP contribution in [0, 0.1) is 11.3 Å². The molecule has 1 N–H and O–H groups in total. The molecule has 6 heteroatoms. The lowest BCUT2D eigenvalue weighted by molar-refractivity contribution is -0.145. The molecule has 20 heavy (non-hydrogen) atoms. The van der Waals surface area contributed by atoms with Gasteiger partial charge in [-0.3, -0.25) is 9.59 Å². The van der Waals surface area contributed by atoms with Crippen LogP contribution in [-0.2, 0) is 27.2 Å². The average molecular weight is 292 g/mol. The van der Waals surface area contributed by atoms with Crippen molar-refractivity contribution in [3.8, 4) is 6.07 Å². The van der Waals surface area contributed by atoms with Crippen LogP contribution in [0.15, 0.2) is 0 Å². The van der Waals surface area contributed by atoms with Crippen molar-refractivity contribution in [3.05, 3.63) is 16.0 Å². The molecule has 106 valence electrons. The number of carbonyl (C=O) groups excluding carboxylic acids is 2. The first kappa shape index (κ1) is 14.5. The van der Waals surface area contributed by atoms with Crippen LogP contribution in [0.2, 0.25) is 0 Å². The monoisotopic (exact) mass is 292 g/mol. The smallest absolute Gasteiger partial charge is 0.315 e. The molecule has 5 nitrogen and oxygen atoms in total. The number of fused-ring (bicyclic) bond motifs is 1. The Bertz CT molecular complexity index is 572. The molecule has 0 saturated carbocycles. The normalized spacial score (nSPS) is 13.2. The molecule has 1 aliphatic rings. The fourth-order valence-corrected chi connectivity index (χ4v) is 3.54. The van der Waals surface area contributed by atoms with Crippen LogP contribution in [0.25, 0.3) is 0 Å². The molecule has 0 bridgehead atoms. The summed E-state index contributed by atoms with van der Waals surface area (Å²) >= 11 is 1.45. The maximum atomic E-state index is 11.8. The second kappa shape index (κ2) is 6.53. The first-order valence-electron chi connectivity index (χ1n) is 6.65. The SMILES string of the molecule is CCOC(=O)CC(=O)Nc1sc2c(c1C#N)CCCC2. The summed E-state index contributed by atoms with van der Waals surface area (Å²) < 4.78 is 4.73. The van der Waals surface area contributed by atoms with Crippen LogP contribution in [0.3, 0.4) is 0 Å². The molecule has 1 aliphatic carbocycles. The van der Waals surface area contributed by atoms with E-state index in [1.54, 1.807) is 6.92 Å². The molecule has 1 amide bonds. The van der Waals surface area contributed by atoms with Gasteiger partial charge in [0.05, 0.1) is 12.2 Å². The van der Waals surface area contributed by atoms with Crippen molar-refractivity contribution >= 4 is 28.2 Å². The van der Waals surface area contributed by atoms with E-state index in [1.165, 1.54) is 16.2 Å². The molecule has 0 spiro atoms. The van der Waals surface area contributed by atoms with Gasteiger partial charge >= 0.3 is 5.97 Å². The number of esters is 1. The number of carbonyl (C=O) groups is 2. The first-order valence-corrected chi connectivity index (χ1v) is 7.47. The van der Waals surface area contributed by atoms with E-state index in [4.69, 9.17) is 4.74 Å². The highest BCUT2D eigenvalue weighted by atomic mass is 32.1. The number of aryl methyl sites for hydroxylation is 1. The number of anilines is 1. The van der Waals surface area contributed by atoms with E-state index in [2.05, 4.69) is 11.4 Å². The van der Waals surface area contributed by atoms with E-state index in [9.17, 15) is 14.9 Å². The number of ether oxygens (including phenoxy) is 1. The minimum absolute atomic E-state index is 0.253. The summed E-state index contributed by atoms with van der Waals surface area (Å²) in [5, 5.41) is 12.5. The van der Waals surface area contributed by atoms with Gasteiger partial charge in [-0.25, -0.2) is 0 Å². The number of hydrogen-bond acceptors (Lipinski definition) is 5. The topological polar surface area (TPSA) is 79.2 Å². The third-order valence-electron chi connectivity index (χ3n) is 3.15. The van der Waals surface area contributed by atoms with Crippen molar-refractivity contribution in [2.75, 3.05) is 11.9 Å². The second-order valence-corrected chi connectivity index (χ2v) is 5.66. The lowest BCUT2D eigenvalue weighted by atomic mass is 9.96. The molecule has 0 aliphatic heterocycles. The molecular weight excluding hydrogens is 276 g/mol. The van der Waals surface area contributed by atoms with Crippen LogP contribution in [0.1, 0.15) is 42.2 Å². The van der Waals surface area contributed by atoms with E-state index in [1.807, 2.05) is 0 Å². The summed E-state index contributed by atoms with van der Waals surface area (Å²) in [4.78, 5) is 24.2. The van der Waals surface area contributed by atoms with E-state index >= 15 is 0 Å². The van der Waals surface area contributed by atoms with Crippen molar-refractivity contribution in [3.63, 3.8) is 0 Å². The summed E-state index contributed by atoms with van der Waals surface area (Å²) in [7, 11) is 0. The standard InChI is InChI=1S/C14H16N2O3S/c1-2-19-13(18)7-12(17)16-14-10(8-15)9-5-3-4-6-11(9)20-14/h2-7H2,1H3,(H,16,17). The Hall–Kier alpha value is -1.87. The number of nitrogens with zero attached hydrogens (tertiary/aromatic N) is 1. The summed E-state index contributed by atoms with van der Waals surface area (Å²) in [5.41, 5.74) is 1.62. The van der Waals surface area contributed by atoms with E-state index in [0.29, 0.717) is 10.6 Å². The summed E-state index contributed by atoms with van der Waals surface area (Å²) in [6.45, 7) is 1.94. The molecule has 1 aromatic heterocycles. The largest absolute Gasteiger partial charge is 0.466 e. The Kier molecular flexibility index (Phi) is 4.74. The van der Waals surface area contributed by atoms with E-state index in [0.717, 1.165) is 31.2 Å². The predicted molar refractivity (Wildman–Crippen MR) is 75.6 cm³/mol. The molecule has 1 aromatic rings. The van der Waals surface area contributed by atoms with Crippen LogP contribution < -0.4 is 5.32 Å². The highest BCUT2D eigenvalue weighted by Crippen LogP contribution is 2.37. The number of amides is 1. The van der Waals surface area contributed by atoms with Gasteiger partial charge in [0.25, 0.3) is 0 Å². The van der Waals surface area contributed by atoms with Gasteiger partial charge in [-0.1, -0.05) is 0 Å². The fourth-order valence-electron chi connectivity index (χ4n) is 2.29. The Morgan fingerprint density at radius 2 is 2.15 bits per heavy atom. The average Bonchev–Trinajstić information content (AvgIpc) is 2.75. The highest BCUT2D eigenvalue weighted by molar-refractivity contribution is 7.16. The van der Waals surface area contributed by atoms with Gasteiger partial charge < -0.3 is 10.1 Å². The molecule has 2 rings (SSSR count). The Morgan fingerprint density at radius 1 is 1.40 bits per heavy atom. The van der Waals surface area contributed by atoms with Crippen LogP contribution in [0.4, 0.5) is 5.00 Å². The zero-order chi connectivity index (χ0) is 14.5. The third-order valence-corrected chi connectivity index (χ3v) is 4.35. The molecule has 0 saturated heterocycles. The number of nitriles is 1. The fraction of sp³-hybridized carbons (Fsp3) is 0.500. The van der Waals surface area contributed by atoms with Crippen molar-refractivity contribution in [2.24, 2.45) is 0 Å². The van der Waals surface area contributed by atoms with Crippen LogP contribution >= 0.6 is 11.3 Å². The number of rotatable bonds is 4. The Morgan fingerprint density at radius 3 is 2.85 bits per heavy atom. The molecule has 0 fully saturated rings. The number of thiophene rings is 1. The van der Waals surface area contributed by atoms with Crippen LogP contribution in [0.5, 0.6) is 0 Å². The van der Waals surface area contributed by atoms with Gasteiger partial charge in [0.1, 0.15) is 17.5 Å². The zero-order valence-electron chi connectivity index (χ0n) is 11.3. The minimum Gasteiger partial charge on any atom is -0.466 e. The molecular formula is C14H16N2O3S. The highest BCUT2D eigenvalue weighted by Gasteiger charge is 2.22. The van der Waals surface area contributed by atoms with E-state index in [-0.39, 0.29) is 13.0 Å². The molecule has 0 atom stereocenters. The Labute approximate surface area is 121 Å². The lowest BCUT2D eigenvalue weighted by Crippen LogP contribution is -2.18. The molecule has 1 heterocycles. The zero-order valence-corrected chi connectivity index (χ0v) is 12.1. The van der Waals surface area contributed by atoms with Crippen molar-refractivity contribution in [1.82, 2.24) is 0 Å². The van der Waals surface area contributed by atoms with Crippen LogP contribution in [-0.4, -0.2) is 18.5 Å². The van der Waals surface area contributed by atoms with Gasteiger partial charge in [0.15, 0.2) is 0 Å². The summed E-state index contributed by atoms with van der Waals surface area (Å²) in [5.74, 6) is -0.983. The lowest BCUT2D eigenvalue weighted by Gasteiger charge is -2.09. The third kappa shape index (κ3) is 3.17. The maximum Gasteiger partial charge on any atom is 0.315 e. The molecule has 0 radical (unpaired) electrons. The minimum atomic E-state index is -0.551. The Balaban J connectivity index is 2.10. The second-order valence-electron chi connectivity index (χ2n) is 4.56. The van der Waals surface area contributed by atoms with Crippen molar-refractivity contribution < 1.29 is 14.3 Å². The summed E-state index contributed by atoms with van der Waals surface area (Å²) in [6.07, 6.45) is 3.73. The summed E-state index contributed by atoms with van der Waals surface area (Å²) in [6, 6.07) is 2.17. The van der Waals surface area contributed by atoms with Crippen molar-refractivity contribution in [1.29, 1.82) is 5.26 Å². The van der Waals surface area contributed by atoms with Gasteiger partial charge in [-0.05, 0) is 38.2 Å². The van der Waals surface area contributed by atoms with Crippen molar-refractivity contribution in [2.45, 2.75) is 39.0 Å². The number of nitrogens with one attached hydrogen (secondary N) is 1. The first-order chi connectivity index (χ1) is 9.65. The van der Waals surface area contributed by atoms with Gasteiger partial charge in [-0.2, -0.15) is 5.26 Å².